The quantitative estimate of drug-likeness (QED) is 0.618. The van der Waals surface area contributed by atoms with Crippen LogP contribution in [-0.4, -0.2) is 60.2 Å². The summed E-state index contributed by atoms with van der Waals surface area (Å²) >= 11 is 0. The van der Waals surface area contributed by atoms with E-state index in [1.807, 2.05) is 6.92 Å². The van der Waals surface area contributed by atoms with Gasteiger partial charge in [0.15, 0.2) is 0 Å². The SMILES string of the molecule is CCOCCN1C(=O)c2ccc3c4c(ccc(c24)C1=O)C(=O)N(C)C3=O. The molecule has 0 spiro atoms. The molecule has 2 heterocycles. The Morgan fingerprint density at radius 2 is 1.19 bits per heavy atom. The lowest BCUT2D eigenvalue weighted by atomic mass is 9.86. The predicted molar refractivity (Wildman–Crippen MR) is 92.2 cm³/mol. The molecule has 0 N–H and O–H groups in total. The van der Waals surface area contributed by atoms with Crippen molar-refractivity contribution in [3.05, 3.63) is 46.5 Å². The average Bonchev–Trinajstić information content (AvgIpc) is 2.65. The molecule has 2 aromatic rings. The lowest BCUT2D eigenvalue weighted by Gasteiger charge is -2.30. The van der Waals surface area contributed by atoms with E-state index >= 15 is 0 Å². The van der Waals surface area contributed by atoms with Crippen molar-refractivity contribution < 1.29 is 23.9 Å². The highest BCUT2D eigenvalue weighted by molar-refractivity contribution is 6.33. The third-order valence-electron chi connectivity index (χ3n) is 4.85. The van der Waals surface area contributed by atoms with Crippen LogP contribution in [0.2, 0.25) is 0 Å². The Morgan fingerprint density at radius 1 is 0.769 bits per heavy atom. The predicted octanol–water partition coefficient (Wildman–Crippen LogP) is 1.70. The van der Waals surface area contributed by atoms with Gasteiger partial charge in [-0.2, -0.15) is 0 Å². The molecule has 0 unspecified atom stereocenters. The van der Waals surface area contributed by atoms with Crippen LogP contribution in [0.1, 0.15) is 48.4 Å². The van der Waals surface area contributed by atoms with Crippen molar-refractivity contribution in [3.8, 4) is 0 Å². The minimum Gasteiger partial charge on any atom is -0.380 e. The number of hydrogen-bond acceptors (Lipinski definition) is 5. The largest absolute Gasteiger partial charge is 0.380 e. The molecule has 7 heteroatoms. The van der Waals surface area contributed by atoms with Crippen LogP contribution < -0.4 is 0 Å². The van der Waals surface area contributed by atoms with E-state index in [1.165, 1.54) is 7.05 Å². The number of hydrogen-bond donors (Lipinski definition) is 0. The minimum absolute atomic E-state index is 0.149. The Balaban J connectivity index is 1.94. The van der Waals surface area contributed by atoms with Crippen molar-refractivity contribution >= 4 is 34.4 Å². The molecule has 4 rings (SSSR count). The van der Waals surface area contributed by atoms with Gasteiger partial charge in [-0.15, -0.1) is 0 Å². The molecular formula is C19H16N2O5. The van der Waals surface area contributed by atoms with Crippen molar-refractivity contribution in [1.29, 1.82) is 0 Å². The molecule has 2 aliphatic rings. The van der Waals surface area contributed by atoms with Crippen LogP contribution >= 0.6 is 0 Å². The molecule has 0 saturated carbocycles. The Morgan fingerprint density at radius 3 is 1.62 bits per heavy atom. The normalized spacial score (nSPS) is 16.1. The van der Waals surface area contributed by atoms with Crippen LogP contribution in [0.5, 0.6) is 0 Å². The topological polar surface area (TPSA) is 84.0 Å². The first kappa shape index (κ1) is 16.4. The van der Waals surface area contributed by atoms with Crippen molar-refractivity contribution in [2.45, 2.75) is 6.92 Å². The molecule has 0 radical (unpaired) electrons. The molecular weight excluding hydrogens is 336 g/mol. The molecule has 0 aromatic heterocycles. The molecule has 4 amide bonds. The second kappa shape index (κ2) is 5.74. The first-order chi connectivity index (χ1) is 12.5. The Kier molecular flexibility index (Phi) is 3.62. The first-order valence-electron chi connectivity index (χ1n) is 8.33. The molecule has 0 aliphatic carbocycles. The van der Waals surface area contributed by atoms with E-state index in [1.54, 1.807) is 24.3 Å². The van der Waals surface area contributed by atoms with Gasteiger partial charge in [0.25, 0.3) is 23.6 Å². The van der Waals surface area contributed by atoms with Gasteiger partial charge >= 0.3 is 0 Å². The second-order valence-electron chi connectivity index (χ2n) is 6.20. The Hall–Kier alpha value is -3.06. The zero-order chi connectivity index (χ0) is 18.6. The standard InChI is InChI=1S/C19H16N2O5/c1-3-26-9-8-21-18(24)12-6-4-10-14-11(17(23)20(2)16(10)22)5-7-13(15(12)14)19(21)25/h4-7H,3,8-9H2,1-2H3. The Labute approximate surface area is 149 Å². The number of nitrogens with zero attached hydrogens (tertiary/aromatic N) is 2. The maximum Gasteiger partial charge on any atom is 0.261 e. The number of carbonyl (C=O) groups is 4. The smallest absolute Gasteiger partial charge is 0.261 e. The monoisotopic (exact) mass is 352 g/mol. The summed E-state index contributed by atoms with van der Waals surface area (Å²) in [5, 5.41) is 0.775. The van der Waals surface area contributed by atoms with E-state index in [0.29, 0.717) is 39.6 Å². The highest BCUT2D eigenvalue weighted by atomic mass is 16.5. The van der Waals surface area contributed by atoms with Crippen LogP contribution in [-0.2, 0) is 4.74 Å². The van der Waals surface area contributed by atoms with Gasteiger partial charge in [0.05, 0.1) is 13.2 Å². The van der Waals surface area contributed by atoms with E-state index in [9.17, 15) is 19.2 Å². The van der Waals surface area contributed by atoms with Gasteiger partial charge in [-0.25, -0.2) is 0 Å². The summed E-state index contributed by atoms with van der Waals surface area (Å²) in [4.78, 5) is 52.8. The summed E-state index contributed by atoms with van der Waals surface area (Å²) in [6.45, 7) is 2.73. The van der Waals surface area contributed by atoms with Crippen molar-refractivity contribution in [2.75, 3.05) is 26.8 Å². The van der Waals surface area contributed by atoms with Gasteiger partial charge < -0.3 is 4.74 Å². The zero-order valence-electron chi connectivity index (χ0n) is 14.4. The fourth-order valence-electron chi connectivity index (χ4n) is 3.55. The van der Waals surface area contributed by atoms with E-state index < -0.39 is 23.6 Å². The first-order valence-corrected chi connectivity index (χ1v) is 8.33. The van der Waals surface area contributed by atoms with E-state index in [-0.39, 0.29) is 13.2 Å². The number of benzene rings is 2. The number of amides is 4. The van der Waals surface area contributed by atoms with Crippen LogP contribution in [0.4, 0.5) is 0 Å². The molecule has 0 fully saturated rings. The summed E-state index contributed by atoms with van der Waals surface area (Å²) in [5.74, 6) is -1.76. The highest BCUT2D eigenvalue weighted by Gasteiger charge is 2.38. The second-order valence-corrected chi connectivity index (χ2v) is 6.20. The van der Waals surface area contributed by atoms with Crippen molar-refractivity contribution in [1.82, 2.24) is 9.80 Å². The van der Waals surface area contributed by atoms with Crippen molar-refractivity contribution in [3.63, 3.8) is 0 Å². The summed E-state index contributed by atoms with van der Waals surface area (Å²) in [5.41, 5.74) is 1.29. The molecule has 0 atom stereocenters. The fourth-order valence-corrected chi connectivity index (χ4v) is 3.55. The molecule has 26 heavy (non-hydrogen) atoms. The summed E-state index contributed by atoms with van der Waals surface area (Å²) < 4.78 is 5.26. The molecule has 132 valence electrons. The number of carbonyl (C=O) groups excluding carboxylic acids is 4. The van der Waals surface area contributed by atoms with E-state index in [2.05, 4.69) is 0 Å². The van der Waals surface area contributed by atoms with Crippen LogP contribution in [0, 0.1) is 0 Å². The van der Waals surface area contributed by atoms with Crippen molar-refractivity contribution in [2.24, 2.45) is 0 Å². The average molecular weight is 352 g/mol. The molecule has 7 nitrogen and oxygen atoms in total. The number of rotatable bonds is 4. The Bertz CT molecular complexity index is 940. The van der Waals surface area contributed by atoms with Gasteiger partial charge in [0.1, 0.15) is 0 Å². The zero-order valence-corrected chi connectivity index (χ0v) is 14.4. The summed E-state index contributed by atoms with van der Waals surface area (Å²) in [7, 11) is 1.42. The van der Waals surface area contributed by atoms with Crippen LogP contribution in [0.3, 0.4) is 0 Å². The van der Waals surface area contributed by atoms with Gasteiger partial charge in [0.2, 0.25) is 0 Å². The lowest BCUT2D eigenvalue weighted by molar-refractivity contribution is 0.0529. The van der Waals surface area contributed by atoms with Gasteiger partial charge in [-0.1, -0.05) is 0 Å². The minimum atomic E-state index is -0.440. The lowest BCUT2D eigenvalue weighted by Crippen LogP contribution is -2.43. The van der Waals surface area contributed by atoms with E-state index in [0.717, 1.165) is 9.80 Å². The molecule has 0 bridgehead atoms. The molecule has 2 aromatic carbocycles. The van der Waals surface area contributed by atoms with E-state index in [4.69, 9.17) is 4.74 Å². The van der Waals surface area contributed by atoms with Gasteiger partial charge in [0, 0.05) is 46.7 Å². The summed E-state index contributed by atoms with van der Waals surface area (Å²) in [6, 6.07) is 6.19. The maximum atomic E-state index is 12.8. The van der Waals surface area contributed by atoms with Gasteiger partial charge in [-0.05, 0) is 31.2 Å². The highest BCUT2D eigenvalue weighted by Crippen LogP contribution is 2.37. The fraction of sp³-hybridized carbons (Fsp3) is 0.263. The third kappa shape index (κ3) is 2.04. The van der Waals surface area contributed by atoms with Crippen LogP contribution in [0.25, 0.3) is 10.8 Å². The maximum absolute atomic E-state index is 12.8. The molecule has 2 aliphatic heterocycles. The van der Waals surface area contributed by atoms with Gasteiger partial charge in [-0.3, -0.25) is 29.0 Å². The third-order valence-corrected chi connectivity index (χ3v) is 4.85. The van der Waals surface area contributed by atoms with Crippen LogP contribution in [0.15, 0.2) is 24.3 Å². The number of imide groups is 2. The number of ether oxygens (including phenoxy) is 1. The molecule has 0 saturated heterocycles. The summed E-state index contributed by atoms with van der Waals surface area (Å²) in [6.07, 6.45) is 0.